The molecule has 1 saturated carbocycles. The van der Waals surface area contributed by atoms with Crippen molar-refractivity contribution >= 4 is 5.97 Å². The first-order chi connectivity index (χ1) is 8.84. The zero-order valence-electron chi connectivity index (χ0n) is 10.4. The summed E-state index contributed by atoms with van der Waals surface area (Å²) in [7, 11) is 0. The van der Waals surface area contributed by atoms with E-state index in [0.29, 0.717) is 11.7 Å². The molecule has 1 aliphatic carbocycles. The topological polar surface area (TPSA) is 38.8 Å². The number of carbonyl (C=O) groups excluding carboxylic acids is 1. The number of carbonyl (C=O) groups is 1. The number of ether oxygens (including phenoxy) is 2. The van der Waals surface area contributed by atoms with E-state index in [9.17, 15) is 4.79 Å². The molecule has 0 spiro atoms. The molecule has 18 heavy (non-hydrogen) atoms. The standard InChI is InChI=1S/C15H18O3/c16-15(17-12-9-5-2-6-10-12)14-13(18-14)11-7-3-1-4-8-11/h2,5-6,9-11,13-14H,1,3-4,7-8H2/t13-,14+/m1/s1. The molecule has 3 rings (SSSR count). The van der Waals surface area contributed by atoms with Crippen LogP contribution < -0.4 is 4.74 Å². The van der Waals surface area contributed by atoms with E-state index in [0.717, 1.165) is 0 Å². The van der Waals surface area contributed by atoms with Gasteiger partial charge in [-0.3, -0.25) is 0 Å². The molecule has 1 aromatic carbocycles. The smallest absolute Gasteiger partial charge is 0.343 e. The van der Waals surface area contributed by atoms with Crippen LogP contribution in [0.3, 0.4) is 0 Å². The molecule has 2 aliphatic rings. The number of epoxide rings is 1. The Morgan fingerprint density at radius 2 is 1.83 bits per heavy atom. The molecule has 0 bridgehead atoms. The SMILES string of the molecule is O=C(Oc1ccccc1)[C@H]1O[C@@H]1C1CCCCC1. The summed E-state index contributed by atoms with van der Waals surface area (Å²) in [5.41, 5.74) is 0. The highest BCUT2D eigenvalue weighted by molar-refractivity contribution is 5.80. The van der Waals surface area contributed by atoms with Gasteiger partial charge in [-0.05, 0) is 30.9 Å². The Labute approximate surface area is 107 Å². The Morgan fingerprint density at radius 1 is 1.11 bits per heavy atom. The number of rotatable bonds is 3. The summed E-state index contributed by atoms with van der Waals surface area (Å²) in [4.78, 5) is 11.9. The van der Waals surface area contributed by atoms with Crippen LogP contribution in [0.1, 0.15) is 32.1 Å². The van der Waals surface area contributed by atoms with Crippen molar-refractivity contribution < 1.29 is 14.3 Å². The molecule has 0 aromatic heterocycles. The Kier molecular flexibility index (Phi) is 3.33. The predicted octanol–water partition coefficient (Wildman–Crippen LogP) is 2.94. The maximum absolute atomic E-state index is 11.9. The number of esters is 1. The molecule has 0 unspecified atom stereocenters. The van der Waals surface area contributed by atoms with Crippen molar-refractivity contribution in [3.63, 3.8) is 0 Å². The van der Waals surface area contributed by atoms with Crippen LogP contribution in [0, 0.1) is 5.92 Å². The third kappa shape index (κ3) is 2.56. The average molecular weight is 246 g/mol. The van der Waals surface area contributed by atoms with Crippen molar-refractivity contribution in [2.24, 2.45) is 5.92 Å². The fourth-order valence-electron chi connectivity index (χ4n) is 2.80. The van der Waals surface area contributed by atoms with Crippen LogP contribution in [0.5, 0.6) is 5.75 Å². The van der Waals surface area contributed by atoms with Crippen LogP contribution in [-0.2, 0) is 9.53 Å². The van der Waals surface area contributed by atoms with Gasteiger partial charge in [0.05, 0.1) is 6.10 Å². The second kappa shape index (κ2) is 5.11. The van der Waals surface area contributed by atoms with Crippen molar-refractivity contribution in [1.82, 2.24) is 0 Å². The van der Waals surface area contributed by atoms with Crippen molar-refractivity contribution in [3.8, 4) is 5.75 Å². The Balaban J connectivity index is 1.53. The lowest BCUT2D eigenvalue weighted by Crippen LogP contribution is -2.22. The van der Waals surface area contributed by atoms with Crippen LogP contribution in [0.15, 0.2) is 30.3 Å². The van der Waals surface area contributed by atoms with Gasteiger partial charge in [-0.2, -0.15) is 0 Å². The first-order valence-corrected chi connectivity index (χ1v) is 6.77. The predicted molar refractivity (Wildman–Crippen MR) is 67.3 cm³/mol. The maximum Gasteiger partial charge on any atom is 0.343 e. The zero-order valence-corrected chi connectivity index (χ0v) is 10.4. The molecule has 0 amide bonds. The normalized spacial score (nSPS) is 27.8. The summed E-state index contributed by atoms with van der Waals surface area (Å²) >= 11 is 0. The molecule has 1 heterocycles. The number of hydrogen-bond donors (Lipinski definition) is 0. The van der Waals surface area contributed by atoms with Crippen molar-refractivity contribution in [2.75, 3.05) is 0 Å². The van der Waals surface area contributed by atoms with E-state index in [1.807, 2.05) is 18.2 Å². The van der Waals surface area contributed by atoms with Gasteiger partial charge in [0.15, 0.2) is 6.10 Å². The monoisotopic (exact) mass is 246 g/mol. The average Bonchev–Trinajstić information content (AvgIpc) is 3.21. The van der Waals surface area contributed by atoms with Crippen LogP contribution in [0.4, 0.5) is 0 Å². The minimum absolute atomic E-state index is 0.113. The minimum atomic E-state index is -0.326. The third-order valence-electron chi connectivity index (χ3n) is 3.83. The van der Waals surface area contributed by atoms with Crippen LogP contribution >= 0.6 is 0 Å². The molecule has 96 valence electrons. The molecule has 0 N–H and O–H groups in total. The van der Waals surface area contributed by atoms with Gasteiger partial charge in [0, 0.05) is 0 Å². The van der Waals surface area contributed by atoms with Gasteiger partial charge in [-0.15, -0.1) is 0 Å². The summed E-state index contributed by atoms with van der Waals surface area (Å²) in [5.74, 6) is 0.921. The van der Waals surface area contributed by atoms with Crippen LogP contribution in [-0.4, -0.2) is 18.2 Å². The minimum Gasteiger partial charge on any atom is -0.425 e. The summed E-state index contributed by atoms with van der Waals surface area (Å²) in [6.07, 6.45) is 6.03. The molecule has 3 nitrogen and oxygen atoms in total. The summed E-state index contributed by atoms with van der Waals surface area (Å²) < 4.78 is 10.8. The van der Waals surface area contributed by atoms with E-state index in [4.69, 9.17) is 9.47 Å². The van der Waals surface area contributed by atoms with E-state index < -0.39 is 0 Å². The van der Waals surface area contributed by atoms with Gasteiger partial charge in [-0.25, -0.2) is 4.79 Å². The third-order valence-corrected chi connectivity index (χ3v) is 3.83. The molecule has 1 aliphatic heterocycles. The number of benzene rings is 1. The highest BCUT2D eigenvalue weighted by Gasteiger charge is 2.50. The van der Waals surface area contributed by atoms with Crippen LogP contribution in [0.2, 0.25) is 0 Å². The molecule has 3 heteroatoms. The van der Waals surface area contributed by atoms with Crippen molar-refractivity contribution in [2.45, 2.75) is 44.3 Å². The molecule has 2 fully saturated rings. The second-order valence-corrected chi connectivity index (χ2v) is 5.15. The highest BCUT2D eigenvalue weighted by atomic mass is 16.6. The molecule has 1 saturated heterocycles. The zero-order chi connectivity index (χ0) is 12.4. The highest BCUT2D eigenvalue weighted by Crippen LogP contribution is 2.38. The lowest BCUT2D eigenvalue weighted by molar-refractivity contribution is -0.135. The molecule has 0 radical (unpaired) electrons. The Morgan fingerprint density at radius 3 is 2.56 bits per heavy atom. The Hall–Kier alpha value is -1.35. The van der Waals surface area contributed by atoms with E-state index >= 15 is 0 Å². The fourth-order valence-corrected chi connectivity index (χ4v) is 2.80. The summed E-state index contributed by atoms with van der Waals surface area (Å²) in [6.45, 7) is 0. The van der Waals surface area contributed by atoms with Crippen LogP contribution in [0.25, 0.3) is 0 Å². The van der Waals surface area contributed by atoms with E-state index in [-0.39, 0.29) is 18.2 Å². The van der Waals surface area contributed by atoms with Gasteiger partial charge in [0.2, 0.25) is 0 Å². The second-order valence-electron chi connectivity index (χ2n) is 5.15. The number of hydrogen-bond acceptors (Lipinski definition) is 3. The molecular weight excluding hydrogens is 228 g/mol. The van der Waals surface area contributed by atoms with Gasteiger partial charge < -0.3 is 9.47 Å². The van der Waals surface area contributed by atoms with Gasteiger partial charge in [0.1, 0.15) is 5.75 Å². The maximum atomic E-state index is 11.9. The summed E-state index contributed by atoms with van der Waals surface area (Å²) in [6, 6.07) is 9.19. The van der Waals surface area contributed by atoms with E-state index in [2.05, 4.69) is 0 Å². The number of para-hydroxylation sites is 1. The first-order valence-electron chi connectivity index (χ1n) is 6.77. The first kappa shape index (κ1) is 11.7. The van der Waals surface area contributed by atoms with Crippen molar-refractivity contribution in [1.29, 1.82) is 0 Å². The lowest BCUT2D eigenvalue weighted by Gasteiger charge is -2.19. The molecular formula is C15H18O3. The van der Waals surface area contributed by atoms with E-state index in [1.54, 1.807) is 12.1 Å². The lowest BCUT2D eigenvalue weighted by atomic mass is 9.86. The largest absolute Gasteiger partial charge is 0.425 e. The van der Waals surface area contributed by atoms with Crippen molar-refractivity contribution in [3.05, 3.63) is 30.3 Å². The van der Waals surface area contributed by atoms with Gasteiger partial charge in [0.25, 0.3) is 0 Å². The molecule has 2 atom stereocenters. The summed E-state index contributed by atoms with van der Waals surface area (Å²) in [5, 5.41) is 0. The Bertz CT molecular complexity index is 409. The fraction of sp³-hybridized carbons (Fsp3) is 0.533. The van der Waals surface area contributed by atoms with Gasteiger partial charge >= 0.3 is 5.97 Å². The van der Waals surface area contributed by atoms with Gasteiger partial charge in [-0.1, -0.05) is 37.5 Å². The molecule has 1 aromatic rings. The quantitative estimate of drug-likeness (QED) is 0.467. The van der Waals surface area contributed by atoms with E-state index in [1.165, 1.54) is 32.1 Å².